The van der Waals surface area contributed by atoms with E-state index >= 15 is 0 Å². The normalized spacial score (nSPS) is 22.4. The highest BCUT2D eigenvalue weighted by atomic mass is 16.7. The van der Waals surface area contributed by atoms with Crippen LogP contribution in [0.15, 0.2) is 48.5 Å². The number of hydrogen-bond donors (Lipinski definition) is 8. The largest absolute Gasteiger partial charge is 0.508 e. The van der Waals surface area contributed by atoms with Crippen molar-refractivity contribution in [1.29, 1.82) is 0 Å². The standard InChI is InChI=1S/C28H28O13/c1-38-21-5-4-13(8-18(21)30)2-3-14-6-16(29)11-17(7-14)40-28-26(36)25(35)24(34)22(41-28)12-39-27(37)15-9-19(31)23(33)20(32)10-15/h2-11,22,24-26,28-36H,12H2,1H3/b3-2+/t22-,24-,25+,26-,28-/m1/s1. The lowest BCUT2D eigenvalue weighted by Crippen LogP contribution is -2.60. The van der Waals surface area contributed by atoms with Crippen LogP contribution in [0.4, 0.5) is 0 Å². The van der Waals surface area contributed by atoms with E-state index < -0.39 is 60.5 Å². The SMILES string of the molecule is COc1ccc(/C=C/c2cc(O)cc(O[C@@H]3O[C@H](COC(=O)c4cc(O)c(O)c(O)c4)[C@@H](O)[C@H](O)[C@H]3O)c2)cc1O. The number of carbonyl (C=O) groups excluding carboxylic acids is 1. The van der Waals surface area contributed by atoms with Crippen molar-refractivity contribution in [2.75, 3.05) is 13.7 Å². The van der Waals surface area contributed by atoms with Crippen LogP contribution in [0.25, 0.3) is 12.2 Å². The van der Waals surface area contributed by atoms with Crippen LogP contribution in [0.1, 0.15) is 21.5 Å². The van der Waals surface area contributed by atoms with Crippen LogP contribution in [0.3, 0.4) is 0 Å². The molecule has 4 rings (SSSR count). The number of methoxy groups -OCH3 is 1. The van der Waals surface area contributed by atoms with Gasteiger partial charge in [-0.1, -0.05) is 18.2 Å². The Bertz CT molecular complexity index is 1410. The van der Waals surface area contributed by atoms with Gasteiger partial charge in [-0.3, -0.25) is 0 Å². The van der Waals surface area contributed by atoms with E-state index in [0.717, 1.165) is 12.1 Å². The summed E-state index contributed by atoms with van der Waals surface area (Å²) < 4.78 is 21.3. The maximum absolute atomic E-state index is 12.4. The summed E-state index contributed by atoms with van der Waals surface area (Å²) in [5.41, 5.74) is 0.779. The van der Waals surface area contributed by atoms with Gasteiger partial charge in [-0.15, -0.1) is 0 Å². The van der Waals surface area contributed by atoms with Gasteiger partial charge in [0.15, 0.2) is 28.7 Å². The molecule has 1 fully saturated rings. The number of carbonyl (C=O) groups is 1. The lowest BCUT2D eigenvalue weighted by atomic mass is 9.99. The van der Waals surface area contributed by atoms with Crippen molar-refractivity contribution in [3.63, 3.8) is 0 Å². The third kappa shape index (κ3) is 6.73. The molecule has 8 N–H and O–H groups in total. The first-order chi connectivity index (χ1) is 19.5. The summed E-state index contributed by atoms with van der Waals surface area (Å²) in [5, 5.41) is 79.9. The number of phenols is 5. The summed E-state index contributed by atoms with van der Waals surface area (Å²) in [6.45, 7) is -0.630. The Morgan fingerprint density at radius 3 is 2.17 bits per heavy atom. The lowest BCUT2D eigenvalue weighted by molar-refractivity contribution is -0.277. The molecular formula is C28H28O13. The number of phenolic OH excluding ortho intramolecular Hbond substituents is 5. The first kappa shape index (κ1) is 29.3. The summed E-state index contributed by atoms with van der Waals surface area (Å²) in [4.78, 5) is 12.4. The molecule has 0 unspecified atom stereocenters. The third-order valence-corrected chi connectivity index (χ3v) is 6.19. The van der Waals surface area contributed by atoms with Crippen molar-refractivity contribution in [2.24, 2.45) is 0 Å². The molecule has 0 bridgehead atoms. The molecule has 0 aliphatic carbocycles. The zero-order chi connectivity index (χ0) is 29.8. The summed E-state index contributed by atoms with van der Waals surface area (Å²) in [6, 6.07) is 10.6. The van der Waals surface area contributed by atoms with Gasteiger partial charge in [-0.05, 0) is 47.5 Å². The van der Waals surface area contributed by atoms with Crippen LogP contribution in [0.2, 0.25) is 0 Å². The van der Waals surface area contributed by atoms with E-state index in [4.69, 9.17) is 18.9 Å². The van der Waals surface area contributed by atoms with Crippen molar-refractivity contribution in [1.82, 2.24) is 0 Å². The van der Waals surface area contributed by atoms with Crippen molar-refractivity contribution in [3.8, 4) is 40.2 Å². The molecule has 1 heterocycles. The Morgan fingerprint density at radius 2 is 1.51 bits per heavy atom. The highest BCUT2D eigenvalue weighted by molar-refractivity contribution is 5.91. The van der Waals surface area contributed by atoms with Crippen LogP contribution in [-0.4, -0.2) is 91.2 Å². The molecule has 0 amide bonds. The maximum atomic E-state index is 12.4. The highest BCUT2D eigenvalue weighted by Gasteiger charge is 2.45. The fourth-order valence-corrected chi connectivity index (χ4v) is 4.02. The molecule has 13 nitrogen and oxygen atoms in total. The van der Waals surface area contributed by atoms with Crippen LogP contribution in [0.5, 0.6) is 40.2 Å². The van der Waals surface area contributed by atoms with Gasteiger partial charge < -0.3 is 59.8 Å². The molecule has 1 saturated heterocycles. The molecular weight excluding hydrogens is 544 g/mol. The molecule has 41 heavy (non-hydrogen) atoms. The number of aromatic hydroxyl groups is 5. The number of ether oxygens (including phenoxy) is 4. The molecule has 0 saturated carbocycles. The highest BCUT2D eigenvalue weighted by Crippen LogP contribution is 2.36. The monoisotopic (exact) mass is 572 g/mol. The van der Waals surface area contributed by atoms with Gasteiger partial charge in [-0.25, -0.2) is 4.79 Å². The molecule has 1 aliphatic heterocycles. The molecule has 1 aliphatic rings. The van der Waals surface area contributed by atoms with E-state index in [-0.39, 0.29) is 22.8 Å². The molecule has 3 aromatic carbocycles. The van der Waals surface area contributed by atoms with Crippen LogP contribution in [0, 0.1) is 0 Å². The van der Waals surface area contributed by atoms with Crippen molar-refractivity contribution >= 4 is 18.1 Å². The van der Waals surface area contributed by atoms with E-state index in [9.17, 15) is 45.6 Å². The van der Waals surface area contributed by atoms with E-state index in [0.29, 0.717) is 16.9 Å². The molecule has 0 spiro atoms. The van der Waals surface area contributed by atoms with Crippen molar-refractivity contribution in [3.05, 3.63) is 65.2 Å². The average molecular weight is 573 g/mol. The van der Waals surface area contributed by atoms with Gasteiger partial charge in [0.1, 0.15) is 42.5 Å². The smallest absolute Gasteiger partial charge is 0.338 e. The van der Waals surface area contributed by atoms with E-state index in [2.05, 4.69) is 0 Å². The van der Waals surface area contributed by atoms with Gasteiger partial charge in [0.25, 0.3) is 0 Å². The first-order valence-electron chi connectivity index (χ1n) is 12.1. The number of aliphatic hydroxyl groups excluding tert-OH is 3. The van der Waals surface area contributed by atoms with Crippen LogP contribution >= 0.6 is 0 Å². The van der Waals surface area contributed by atoms with E-state index in [1.54, 1.807) is 24.3 Å². The minimum atomic E-state index is -1.77. The lowest BCUT2D eigenvalue weighted by Gasteiger charge is -2.39. The molecule has 5 atom stereocenters. The Labute approximate surface area is 232 Å². The zero-order valence-electron chi connectivity index (χ0n) is 21.5. The Hall–Kier alpha value is -4.69. The fraction of sp³-hybridized carbons (Fsp3) is 0.250. The predicted molar refractivity (Wildman–Crippen MR) is 141 cm³/mol. The minimum absolute atomic E-state index is 0.0284. The van der Waals surface area contributed by atoms with Gasteiger partial charge in [-0.2, -0.15) is 0 Å². The summed E-state index contributed by atoms with van der Waals surface area (Å²) in [6.07, 6.45) is -4.85. The predicted octanol–water partition coefficient (Wildman–Crippen LogP) is 1.44. The quantitative estimate of drug-likeness (QED) is 0.109. The summed E-state index contributed by atoms with van der Waals surface area (Å²) in [7, 11) is 1.43. The second-order valence-corrected chi connectivity index (χ2v) is 9.12. The summed E-state index contributed by atoms with van der Waals surface area (Å²) >= 11 is 0. The average Bonchev–Trinajstić information content (AvgIpc) is 2.93. The van der Waals surface area contributed by atoms with Crippen molar-refractivity contribution < 1.29 is 64.6 Å². The summed E-state index contributed by atoms with van der Waals surface area (Å²) in [5.74, 6) is -3.33. The molecule has 3 aromatic rings. The number of aliphatic hydroxyl groups is 3. The number of benzene rings is 3. The molecule has 218 valence electrons. The van der Waals surface area contributed by atoms with Gasteiger partial charge in [0.05, 0.1) is 12.7 Å². The van der Waals surface area contributed by atoms with E-state index in [1.165, 1.54) is 31.4 Å². The van der Waals surface area contributed by atoms with Gasteiger partial charge in [0, 0.05) is 6.07 Å². The second kappa shape index (κ2) is 12.2. The number of rotatable bonds is 8. The number of hydrogen-bond acceptors (Lipinski definition) is 13. The molecule has 13 heteroatoms. The van der Waals surface area contributed by atoms with E-state index in [1.807, 2.05) is 0 Å². The molecule has 0 aromatic heterocycles. The topological polar surface area (TPSA) is 216 Å². The maximum Gasteiger partial charge on any atom is 0.338 e. The van der Waals surface area contributed by atoms with Gasteiger partial charge in [0.2, 0.25) is 6.29 Å². The number of esters is 1. The minimum Gasteiger partial charge on any atom is -0.508 e. The van der Waals surface area contributed by atoms with Crippen LogP contribution < -0.4 is 9.47 Å². The fourth-order valence-electron chi connectivity index (χ4n) is 4.02. The third-order valence-electron chi connectivity index (χ3n) is 6.19. The zero-order valence-corrected chi connectivity index (χ0v) is 21.5. The Kier molecular flexibility index (Phi) is 8.74. The van der Waals surface area contributed by atoms with Crippen molar-refractivity contribution in [2.45, 2.75) is 30.7 Å². The Morgan fingerprint density at radius 1 is 0.829 bits per heavy atom. The first-order valence-corrected chi connectivity index (χ1v) is 12.1. The second-order valence-electron chi connectivity index (χ2n) is 9.12. The van der Waals surface area contributed by atoms with Gasteiger partial charge >= 0.3 is 5.97 Å². The molecule has 0 radical (unpaired) electrons. The Balaban J connectivity index is 1.45. The van der Waals surface area contributed by atoms with Crippen LogP contribution in [-0.2, 0) is 9.47 Å².